The summed E-state index contributed by atoms with van der Waals surface area (Å²) in [7, 11) is 1.37. The zero-order valence-corrected chi connectivity index (χ0v) is 11.2. The number of esters is 1. The average Bonchev–Trinajstić information content (AvgIpc) is 2.28. The highest BCUT2D eigenvalue weighted by molar-refractivity contribution is 14.1. The predicted octanol–water partition coefficient (Wildman–Crippen LogP) is 3.36. The van der Waals surface area contributed by atoms with E-state index in [-0.39, 0.29) is 11.9 Å². The highest BCUT2D eigenvalue weighted by Gasteiger charge is 2.14. The molecule has 16 heavy (non-hydrogen) atoms. The Labute approximate surface area is 107 Å². The van der Waals surface area contributed by atoms with Crippen LogP contribution in [-0.2, 0) is 9.53 Å². The molecule has 0 amide bonds. The SMILES string of the molecule is COC(=O)CC(C)c1ccc(N=O)cc1I. The summed E-state index contributed by atoms with van der Waals surface area (Å²) in [6.45, 7) is 1.95. The van der Waals surface area contributed by atoms with E-state index < -0.39 is 0 Å². The molecule has 0 aromatic heterocycles. The molecule has 1 aromatic rings. The summed E-state index contributed by atoms with van der Waals surface area (Å²) in [6, 6.07) is 5.18. The minimum absolute atomic E-state index is 0.0695. The van der Waals surface area contributed by atoms with Gasteiger partial charge in [-0.3, -0.25) is 4.79 Å². The van der Waals surface area contributed by atoms with E-state index in [1.54, 1.807) is 12.1 Å². The summed E-state index contributed by atoms with van der Waals surface area (Å²) in [6.07, 6.45) is 0.334. The number of methoxy groups -OCH3 is 1. The second-order valence-electron chi connectivity index (χ2n) is 3.48. The van der Waals surface area contributed by atoms with Gasteiger partial charge in [-0.05, 0) is 51.4 Å². The minimum atomic E-state index is -0.235. The number of hydrogen-bond donors (Lipinski definition) is 0. The second kappa shape index (κ2) is 5.93. The quantitative estimate of drug-likeness (QED) is 0.482. The topological polar surface area (TPSA) is 55.7 Å². The average molecular weight is 333 g/mol. The molecule has 1 rings (SSSR count). The van der Waals surface area contributed by atoms with Crippen molar-refractivity contribution in [1.29, 1.82) is 0 Å². The molecule has 0 saturated heterocycles. The number of hydrogen-bond acceptors (Lipinski definition) is 4. The largest absolute Gasteiger partial charge is 0.469 e. The highest BCUT2D eigenvalue weighted by Crippen LogP contribution is 2.28. The van der Waals surface area contributed by atoms with Gasteiger partial charge in [0.1, 0.15) is 5.69 Å². The Morgan fingerprint density at radius 1 is 1.56 bits per heavy atom. The molecule has 4 nitrogen and oxygen atoms in total. The third-order valence-corrected chi connectivity index (χ3v) is 3.26. The molecule has 0 spiro atoms. The lowest BCUT2D eigenvalue weighted by Crippen LogP contribution is -2.07. The number of nitroso groups, excluding NO2 is 1. The van der Waals surface area contributed by atoms with Crippen molar-refractivity contribution >= 4 is 34.2 Å². The number of carbonyl (C=O) groups is 1. The molecule has 1 aromatic carbocycles. The van der Waals surface area contributed by atoms with Crippen molar-refractivity contribution in [2.75, 3.05) is 7.11 Å². The number of carbonyl (C=O) groups excluding carboxylic acids is 1. The van der Waals surface area contributed by atoms with Crippen LogP contribution in [0.4, 0.5) is 5.69 Å². The first-order valence-electron chi connectivity index (χ1n) is 4.78. The van der Waals surface area contributed by atoms with Crippen LogP contribution in [0.15, 0.2) is 23.4 Å². The van der Waals surface area contributed by atoms with E-state index in [2.05, 4.69) is 32.5 Å². The first-order valence-corrected chi connectivity index (χ1v) is 5.86. The molecule has 0 saturated carbocycles. The fourth-order valence-electron chi connectivity index (χ4n) is 1.42. The van der Waals surface area contributed by atoms with Crippen LogP contribution >= 0.6 is 22.6 Å². The number of rotatable bonds is 4. The van der Waals surface area contributed by atoms with Crippen LogP contribution in [0.5, 0.6) is 0 Å². The van der Waals surface area contributed by atoms with Crippen LogP contribution in [-0.4, -0.2) is 13.1 Å². The summed E-state index contributed by atoms with van der Waals surface area (Å²) < 4.78 is 5.55. The Morgan fingerprint density at radius 3 is 2.75 bits per heavy atom. The summed E-state index contributed by atoms with van der Waals surface area (Å²) in [5, 5.41) is 2.86. The van der Waals surface area contributed by atoms with Gasteiger partial charge in [-0.2, -0.15) is 0 Å². The van der Waals surface area contributed by atoms with E-state index in [0.717, 1.165) is 9.13 Å². The zero-order chi connectivity index (χ0) is 12.1. The van der Waals surface area contributed by atoms with E-state index in [1.165, 1.54) is 7.11 Å². The molecular formula is C11H12INO3. The first-order chi connectivity index (χ1) is 7.58. The van der Waals surface area contributed by atoms with Gasteiger partial charge in [-0.25, -0.2) is 0 Å². The number of nitrogens with zero attached hydrogens (tertiary/aromatic N) is 1. The molecule has 0 aliphatic carbocycles. The molecule has 5 heteroatoms. The van der Waals surface area contributed by atoms with Crippen LogP contribution in [0, 0.1) is 8.48 Å². The predicted molar refractivity (Wildman–Crippen MR) is 69.7 cm³/mol. The first kappa shape index (κ1) is 13.1. The Morgan fingerprint density at radius 2 is 2.25 bits per heavy atom. The Kier molecular flexibility index (Phi) is 4.85. The van der Waals surface area contributed by atoms with Crippen molar-refractivity contribution in [2.24, 2.45) is 5.18 Å². The van der Waals surface area contributed by atoms with E-state index in [1.807, 2.05) is 13.0 Å². The monoisotopic (exact) mass is 333 g/mol. The normalized spacial score (nSPS) is 11.9. The third kappa shape index (κ3) is 3.26. The van der Waals surface area contributed by atoms with Crippen molar-refractivity contribution in [2.45, 2.75) is 19.3 Å². The van der Waals surface area contributed by atoms with Crippen LogP contribution in [0.1, 0.15) is 24.8 Å². The molecule has 0 heterocycles. The van der Waals surface area contributed by atoms with Crippen molar-refractivity contribution in [3.05, 3.63) is 32.2 Å². The summed E-state index contributed by atoms with van der Waals surface area (Å²) in [5.41, 5.74) is 1.43. The molecule has 1 atom stereocenters. The fraction of sp³-hybridized carbons (Fsp3) is 0.364. The van der Waals surface area contributed by atoms with E-state index in [4.69, 9.17) is 0 Å². The summed E-state index contributed by atoms with van der Waals surface area (Å²) >= 11 is 2.13. The van der Waals surface area contributed by atoms with Crippen LogP contribution < -0.4 is 0 Å². The molecular weight excluding hydrogens is 321 g/mol. The summed E-state index contributed by atoms with van der Waals surface area (Å²) in [5.74, 6) is -0.166. The summed E-state index contributed by atoms with van der Waals surface area (Å²) in [4.78, 5) is 21.5. The maximum atomic E-state index is 11.1. The lowest BCUT2D eigenvalue weighted by molar-refractivity contribution is -0.140. The van der Waals surface area contributed by atoms with Gasteiger partial charge < -0.3 is 4.74 Å². The lowest BCUT2D eigenvalue weighted by Gasteiger charge is -2.12. The maximum Gasteiger partial charge on any atom is 0.306 e. The van der Waals surface area contributed by atoms with E-state index >= 15 is 0 Å². The van der Waals surface area contributed by atoms with Crippen molar-refractivity contribution in [3.8, 4) is 0 Å². The van der Waals surface area contributed by atoms with Gasteiger partial charge in [0, 0.05) is 3.57 Å². The minimum Gasteiger partial charge on any atom is -0.469 e. The fourth-order valence-corrected chi connectivity index (χ4v) is 2.45. The third-order valence-electron chi connectivity index (χ3n) is 2.32. The van der Waals surface area contributed by atoms with Crippen molar-refractivity contribution in [3.63, 3.8) is 0 Å². The Bertz CT molecular complexity index is 406. The molecule has 0 fully saturated rings. The highest BCUT2D eigenvalue weighted by atomic mass is 127. The second-order valence-corrected chi connectivity index (χ2v) is 4.64. The van der Waals surface area contributed by atoms with E-state index in [9.17, 15) is 9.70 Å². The molecule has 0 radical (unpaired) electrons. The van der Waals surface area contributed by atoms with Gasteiger partial charge in [0.05, 0.1) is 13.5 Å². The molecule has 0 bridgehead atoms. The van der Waals surface area contributed by atoms with Gasteiger partial charge in [-0.1, -0.05) is 13.0 Å². The number of halogens is 1. The van der Waals surface area contributed by atoms with Crippen molar-refractivity contribution in [1.82, 2.24) is 0 Å². The number of benzene rings is 1. The maximum absolute atomic E-state index is 11.1. The van der Waals surface area contributed by atoms with Crippen LogP contribution in [0.3, 0.4) is 0 Å². The Balaban J connectivity index is 2.87. The molecule has 1 unspecified atom stereocenters. The Hall–Kier alpha value is -0.980. The van der Waals surface area contributed by atoms with Crippen LogP contribution in [0.2, 0.25) is 0 Å². The number of ether oxygens (including phenoxy) is 1. The van der Waals surface area contributed by atoms with E-state index in [0.29, 0.717) is 12.1 Å². The lowest BCUT2D eigenvalue weighted by atomic mass is 9.98. The molecule has 0 aliphatic heterocycles. The van der Waals surface area contributed by atoms with Crippen LogP contribution in [0.25, 0.3) is 0 Å². The molecule has 86 valence electrons. The smallest absolute Gasteiger partial charge is 0.306 e. The van der Waals surface area contributed by atoms with Gasteiger partial charge in [0.25, 0.3) is 0 Å². The van der Waals surface area contributed by atoms with Gasteiger partial charge in [0.2, 0.25) is 0 Å². The molecule has 0 N–H and O–H groups in total. The van der Waals surface area contributed by atoms with Gasteiger partial charge >= 0.3 is 5.97 Å². The van der Waals surface area contributed by atoms with Gasteiger partial charge in [-0.15, -0.1) is 4.91 Å². The van der Waals surface area contributed by atoms with Gasteiger partial charge in [0.15, 0.2) is 0 Å². The van der Waals surface area contributed by atoms with Crippen molar-refractivity contribution < 1.29 is 9.53 Å². The standard InChI is InChI=1S/C11H12INO3/c1-7(5-11(14)16-2)9-4-3-8(13-15)6-10(9)12/h3-4,6-7H,5H2,1-2H3. The molecule has 0 aliphatic rings. The zero-order valence-electron chi connectivity index (χ0n) is 9.07.